The predicted molar refractivity (Wildman–Crippen MR) is 152 cm³/mol. The maximum absolute atomic E-state index is 10.2. The molecule has 204 valence electrons. The van der Waals surface area contributed by atoms with Crippen LogP contribution < -0.4 is 9.47 Å². The van der Waals surface area contributed by atoms with Gasteiger partial charge in [0.25, 0.3) is 0 Å². The maximum atomic E-state index is 10.2. The van der Waals surface area contributed by atoms with Crippen LogP contribution in [-0.4, -0.2) is 44.9 Å². The van der Waals surface area contributed by atoms with Gasteiger partial charge in [-0.25, -0.2) is 19.9 Å². The van der Waals surface area contributed by atoms with E-state index in [-0.39, 0.29) is 12.7 Å². The number of hydrogen-bond acceptors (Lipinski definition) is 8. The minimum Gasteiger partial charge on any atom is -0.464 e. The molecule has 2 heterocycles. The smallest absolute Gasteiger partial charge is 0.217 e. The summed E-state index contributed by atoms with van der Waals surface area (Å²) >= 11 is 0. The zero-order valence-corrected chi connectivity index (χ0v) is 22.8. The average molecular weight is 537 g/mol. The predicted octanol–water partition coefficient (Wildman–Crippen LogP) is 4.97. The molecule has 0 amide bonds. The third-order valence-electron chi connectivity index (χ3n) is 5.36. The number of nitrogens with zero attached hydrogens (tertiary/aromatic N) is 4. The monoisotopic (exact) mass is 536 g/mol. The van der Waals surface area contributed by atoms with E-state index in [2.05, 4.69) is 43.6 Å². The van der Waals surface area contributed by atoms with Gasteiger partial charge in [-0.3, -0.25) is 0 Å². The second kappa shape index (κ2) is 17.0. The Kier molecular flexibility index (Phi) is 12.6. The molecular formula is C32H32N4O4. The van der Waals surface area contributed by atoms with Crippen LogP contribution in [0.25, 0.3) is 0 Å². The first-order valence-electron chi connectivity index (χ1n) is 12.7. The molecule has 2 aromatic heterocycles. The van der Waals surface area contributed by atoms with Crippen LogP contribution in [0.5, 0.6) is 11.8 Å². The van der Waals surface area contributed by atoms with Crippen LogP contribution in [0.4, 0.5) is 0 Å². The number of hydrogen-bond donors (Lipinski definition) is 1. The summed E-state index contributed by atoms with van der Waals surface area (Å²) in [6, 6.07) is 22.7. The van der Waals surface area contributed by atoms with E-state index in [1.54, 1.807) is 26.0 Å². The number of benzene rings is 2. The molecule has 4 rings (SSSR count). The molecule has 0 fully saturated rings. The highest BCUT2D eigenvalue weighted by atomic mass is 16.5. The topological polar surface area (TPSA) is 99.5 Å². The first-order chi connectivity index (χ1) is 19.7. The van der Waals surface area contributed by atoms with Gasteiger partial charge in [0.15, 0.2) is 13.2 Å². The van der Waals surface area contributed by atoms with Crippen molar-refractivity contribution in [2.45, 2.75) is 33.0 Å². The number of rotatable bonds is 10. The Hall–Kier alpha value is -4.76. The molecule has 2 atom stereocenters. The number of aliphatic hydroxyl groups is 1. The van der Waals surface area contributed by atoms with Gasteiger partial charge in [-0.15, -0.1) is 11.8 Å². The van der Waals surface area contributed by atoms with E-state index < -0.39 is 6.10 Å². The average Bonchev–Trinajstić information content (AvgIpc) is 3.01. The van der Waals surface area contributed by atoms with Crippen LogP contribution in [0.1, 0.15) is 55.5 Å². The zero-order chi connectivity index (χ0) is 28.4. The van der Waals surface area contributed by atoms with Gasteiger partial charge in [0.1, 0.15) is 24.9 Å². The Morgan fingerprint density at radius 1 is 0.700 bits per heavy atom. The molecule has 8 nitrogen and oxygen atoms in total. The molecule has 40 heavy (non-hydrogen) atoms. The van der Waals surface area contributed by atoms with Gasteiger partial charge in [0.05, 0.1) is 11.4 Å². The first-order valence-corrected chi connectivity index (χ1v) is 12.7. The molecule has 0 bridgehead atoms. The van der Waals surface area contributed by atoms with Crippen LogP contribution in [-0.2, 0) is 4.74 Å². The normalized spacial score (nSPS) is 11.3. The van der Waals surface area contributed by atoms with Crippen molar-refractivity contribution in [1.29, 1.82) is 0 Å². The number of ether oxygens (including phenoxy) is 3. The van der Waals surface area contributed by atoms with Crippen molar-refractivity contribution in [2.24, 2.45) is 0 Å². The van der Waals surface area contributed by atoms with Gasteiger partial charge in [0, 0.05) is 18.7 Å². The van der Waals surface area contributed by atoms with Crippen LogP contribution in [0.3, 0.4) is 0 Å². The molecule has 2 unspecified atom stereocenters. The zero-order valence-electron chi connectivity index (χ0n) is 22.8. The minimum atomic E-state index is -0.788. The molecule has 1 N–H and O–H groups in total. The summed E-state index contributed by atoms with van der Waals surface area (Å²) < 4.78 is 16.6. The molecular weight excluding hydrogens is 504 g/mol. The lowest BCUT2D eigenvalue weighted by molar-refractivity contribution is 0.0880. The molecule has 0 saturated heterocycles. The Bertz CT molecular complexity index is 1430. The molecule has 2 aromatic carbocycles. The van der Waals surface area contributed by atoms with Crippen molar-refractivity contribution in [3.05, 3.63) is 108 Å². The Labute approximate surface area is 235 Å². The van der Waals surface area contributed by atoms with Crippen LogP contribution >= 0.6 is 0 Å². The Morgan fingerprint density at radius 2 is 1.20 bits per heavy atom. The van der Waals surface area contributed by atoms with E-state index in [9.17, 15) is 5.11 Å². The van der Waals surface area contributed by atoms with E-state index in [0.717, 1.165) is 16.8 Å². The standard InChI is InChI=1S/C17H18N2O2.C15H14N2O2/c1-3-5-11-21-16-12-15(18-13-19-16)17(20-4-2)14-9-7-6-8-10-14;1-2-3-9-19-14-10-13(16-11-17-14)15(18)12-7-5-4-6-8-12/h6-10,12-13,17H,4,11H2,1-2H3;4-8,10-11,15,18H,9H2,1H3. The summed E-state index contributed by atoms with van der Waals surface area (Å²) in [5, 5.41) is 10.2. The number of aromatic nitrogens is 4. The van der Waals surface area contributed by atoms with Crippen molar-refractivity contribution in [2.75, 3.05) is 19.8 Å². The Balaban J connectivity index is 0.000000222. The molecule has 0 aliphatic carbocycles. The van der Waals surface area contributed by atoms with E-state index >= 15 is 0 Å². The fraction of sp³-hybridized carbons (Fsp3) is 0.250. The SMILES string of the molecule is CC#CCOc1cc(C(O)c2ccccc2)ncn1.CC#CCOc1cc(C(OCC)c2ccccc2)ncn1. The fourth-order valence-corrected chi connectivity index (χ4v) is 3.48. The number of aliphatic hydroxyl groups excluding tert-OH is 1. The lowest BCUT2D eigenvalue weighted by Gasteiger charge is -2.17. The van der Waals surface area contributed by atoms with Crippen LogP contribution in [0, 0.1) is 23.7 Å². The van der Waals surface area contributed by atoms with Crippen molar-refractivity contribution in [1.82, 2.24) is 19.9 Å². The van der Waals surface area contributed by atoms with Crippen molar-refractivity contribution >= 4 is 0 Å². The summed E-state index contributed by atoms with van der Waals surface area (Å²) in [6.07, 6.45) is 1.84. The second-order valence-corrected chi connectivity index (χ2v) is 8.05. The highest BCUT2D eigenvalue weighted by Crippen LogP contribution is 2.26. The van der Waals surface area contributed by atoms with Gasteiger partial charge in [-0.05, 0) is 31.9 Å². The van der Waals surface area contributed by atoms with Gasteiger partial charge >= 0.3 is 0 Å². The third-order valence-corrected chi connectivity index (χ3v) is 5.36. The minimum absolute atomic E-state index is 0.223. The van der Waals surface area contributed by atoms with Gasteiger partial charge in [-0.2, -0.15) is 0 Å². The highest BCUT2D eigenvalue weighted by Gasteiger charge is 2.16. The lowest BCUT2D eigenvalue weighted by atomic mass is 10.1. The quantitative estimate of drug-likeness (QED) is 0.284. The maximum Gasteiger partial charge on any atom is 0.217 e. The van der Waals surface area contributed by atoms with Crippen molar-refractivity contribution < 1.29 is 19.3 Å². The molecule has 0 spiro atoms. The molecule has 8 heteroatoms. The summed E-state index contributed by atoms with van der Waals surface area (Å²) in [6.45, 7) is 6.67. The summed E-state index contributed by atoms with van der Waals surface area (Å²) in [5.41, 5.74) is 3.11. The Morgan fingerprint density at radius 3 is 1.73 bits per heavy atom. The second-order valence-electron chi connectivity index (χ2n) is 8.05. The molecule has 0 aliphatic heterocycles. The van der Waals surface area contributed by atoms with Crippen molar-refractivity contribution in [3.8, 4) is 35.4 Å². The van der Waals surface area contributed by atoms with E-state index in [1.807, 2.05) is 67.6 Å². The van der Waals surface area contributed by atoms with Crippen LogP contribution in [0.15, 0.2) is 85.5 Å². The van der Waals surface area contributed by atoms with Gasteiger partial charge in [0.2, 0.25) is 11.8 Å². The largest absolute Gasteiger partial charge is 0.464 e. The molecule has 0 radical (unpaired) electrons. The first kappa shape index (κ1) is 29.8. The highest BCUT2D eigenvalue weighted by molar-refractivity contribution is 5.29. The van der Waals surface area contributed by atoms with E-state index in [4.69, 9.17) is 14.2 Å². The van der Waals surface area contributed by atoms with E-state index in [0.29, 0.717) is 30.7 Å². The summed E-state index contributed by atoms with van der Waals surface area (Å²) in [5.74, 6) is 12.0. The summed E-state index contributed by atoms with van der Waals surface area (Å²) in [7, 11) is 0. The van der Waals surface area contributed by atoms with Crippen LogP contribution in [0.2, 0.25) is 0 Å². The van der Waals surface area contributed by atoms with E-state index in [1.165, 1.54) is 12.7 Å². The molecule has 4 aromatic rings. The van der Waals surface area contributed by atoms with Gasteiger partial charge in [-0.1, -0.05) is 72.5 Å². The fourth-order valence-electron chi connectivity index (χ4n) is 3.48. The molecule has 0 saturated carbocycles. The van der Waals surface area contributed by atoms with Crippen molar-refractivity contribution in [3.63, 3.8) is 0 Å². The third kappa shape index (κ3) is 9.52. The van der Waals surface area contributed by atoms with Gasteiger partial charge < -0.3 is 19.3 Å². The summed E-state index contributed by atoms with van der Waals surface area (Å²) in [4.78, 5) is 16.4. The lowest BCUT2D eigenvalue weighted by Crippen LogP contribution is -2.09. The molecule has 0 aliphatic rings.